The predicted octanol–water partition coefficient (Wildman–Crippen LogP) is 2.87. The van der Waals surface area contributed by atoms with E-state index in [1.807, 2.05) is 6.07 Å². The summed E-state index contributed by atoms with van der Waals surface area (Å²) in [7, 11) is 0. The van der Waals surface area contributed by atoms with E-state index in [9.17, 15) is 0 Å². The first-order chi connectivity index (χ1) is 8.47. The molecule has 0 fully saturated rings. The van der Waals surface area contributed by atoms with Crippen molar-refractivity contribution in [3.8, 4) is 6.07 Å². The molecule has 0 aliphatic heterocycles. The van der Waals surface area contributed by atoms with E-state index in [-0.39, 0.29) is 11.3 Å². The predicted molar refractivity (Wildman–Crippen MR) is 70.8 cm³/mol. The maximum absolute atomic E-state index is 9.10. The number of aromatic nitrogens is 3. The van der Waals surface area contributed by atoms with Crippen LogP contribution in [0, 0.1) is 11.3 Å². The second kappa shape index (κ2) is 4.58. The Balaban J connectivity index is 2.63. The van der Waals surface area contributed by atoms with E-state index in [2.05, 4.69) is 36.9 Å². The van der Waals surface area contributed by atoms with Crippen LogP contribution in [0.2, 0.25) is 0 Å². The number of nitrogens with zero attached hydrogens (tertiary/aromatic N) is 4. The van der Waals surface area contributed by atoms with Gasteiger partial charge in [0.15, 0.2) is 0 Å². The number of alkyl halides is 1. The summed E-state index contributed by atoms with van der Waals surface area (Å²) in [5.41, 5.74) is 2.49. The number of halogens is 1. The van der Waals surface area contributed by atoms with E-state index < -0.39 is 5.92 Å². The molecule has 0 saturated carbocycles. The molecule has 0 spiro atoms. The molecular weight excluding hydrogens is 248 g/mol. The van der Waals surface area contributed by atoms with Gasteiger partial charge in [-0.1, -0.05) is 20.8 Å². The second-order valence-corrected chi connectivity index (χ2v) is 5.57. The van der Waals surface area contributed by atoms with Gasteiger partial charge in [-0.05, 0) is 6.07 Å². The van der Waals surface area contributed by atoms with E-state index in [4.69, 9.17) is 16.9 Å². The van der Waals surface area contributed by atoms with Gasteiger partial charge in [0.1, 0.15) is 5.92 Å². The van der Waals surface area contributed by atoms with E-state index in [0.29, 0.717) is 5.69 Å². The smallest absolute Gasteiger partial charge is 0.104 e. The summed E-state index contributed by atoms with van der Waals surface area (Å²) in [5, 5.41) is 13.6. The highest BCUT2D eigenvalue weighted by Gasteiger charge is 2.21. The molecule has 4 nitrogen and oxygen atoms in total. The zero-order valence-electron chi connectivity index (χ0n) is 10.7. The number of hydrogen-bond acceptors (Lipinski definition) is 3. The van der Waals surface area contributed by atoms with Gasteiger partial charge in [0.2, 0.25) is 0 Å². The molecule has 0 aliphatic rings. The lowest BCUT2D eigenvalue weighted by Gasteiger charge is -2.13. The highest BCUT2D eigenvalue weighted by atomic mass is 35.5. The Morgan fingerprint density at radius 2 is 2.22 bits per heavy atom. The van der Waals surface area contributed by atoms with Gasteiger partial charge in [-0.2, -0.15) is 10.4 Å². The molecule has 0 amide bonds. The van der Waals surface area contributed by atoms with Crippen LogP contribution in [0.5, 0.6) is 0 Å². The molecule has 18 heavy (non-hydrogen) atoms. The average Bonchev–Trinajstić information content (AvgIpc) is 2.75. The van der Waals surface area contributed by atoms with Crippen LogP contribution in [-0.2, 0) is 5.41 Å². The van der Waals surface area contributed by atoms with Crippen molar-refractivity contribution in [2.45, 2.75) is 32.1 Å². The highest BCUT2D eigenvalue weighted by Crippen LogP contribution is 2.25. The third kappa shape index (κ3) is 2.19. The van der Waals surface area contributed by atoms with Crippen molar-refractivity contribution in [2.75, 3.05) is 5.88 Å². The average molecular weight is 263 g/mol. The van der Waals surface area contributed by atoms with Crippen LogP contribution in [0.25, 0.3) is 5.52 Å². The molecule has 0 saturated heterocycles. The summed E-state index contributed by atoms with van der Waals surface area (Å²) in [5.74, 6) is -0.168. The van der Waals surface area contributed by atoms with Crippen LogP contribution in [-0.4, -0.2) is 20.5 Å². The Morgan fingerprint density at radius 3 is 2.78 bits per heavy atom. The van der Waals surface area contributed by atoms with Gasteiger partial charge in [-0.3, -0.25) is 4.98 Å². The fraction of sp³-hybridized carbons (Fsp3) is 0.462. The van der Waals surface area contributed by atoms with Crippen molar-refractivity contribution in [3.05, 3.63) is 29.8 Å². The highest BCUT2D eigenvalue weighted by molar-refractivity contribution is 6.18. The van der Waals surface area contributed by atoms with Gasteiger partial charge in [0.25, 0.3) is 0 Å². The van der Waals surface area contributed by atoms with Gasteiger partial charge in [-0.25, -0.2) is 4.52 Å². The van der Waals surface area contributed by atoms with Crippen LogP contribution in [0.15, 0.2) is 18.5 Å². The van der Waals surface area contributed by atoms with Crippen LogP contribution in [0.1, 0.15) is 38.1 Å². The summed E-state index contributed by atoms with van der Waals surface area (Å²) >= 11 is 5.81. The number of hydrogen-bond donors (Lipinski definition) is 0. The lowest BCUT2D eigenvalue weighted by molar-refractivity contribution is 0.562. The van der Waals surface area contributed by atoms with E-state index in [1.165, 1.54) is 0 Å². The molecule has 94 valence electrons. The molecule has 0 aromatic carbocycles. The molecule has 5 heteroatoms. The van der Waals surface area contributed by atoms with Crippen molar-refractivity contribution in [1.29, 1.82) is 5.26 Å². The monoisotopic (exact) mass is 262 g/mol. The minimum Gasteiger partial charge on any atom is -0.256 e. The third-order valence-electron chi connectivity index (χ3n) is 2.83. The summed E-state index contributed by atoms with van der Waals surface area (Å²) in [6.07, 6.45) is 3.44. The third-order valence-corrected chi connectivity index (χ3v) is 3.14. The van der Waals surface area contributed by atoms with Crippen molar-refractivity contribution in [1.82, 2.24) is 14.6 Å². The quantitative estimate of drug-likeness (QED) is 0.782. The molecule has 0 aliphatic carbocycles. The molecule has 0 N–H and O–H groups in total. The summed E-state index contributed by atoms with van der Waals surface area (Å²) in [6.45, 7) is 6.31. The molecule has 1 unspecified atom stereocenters. The first kappa shape index (κ1) is 12.8. The standard InChI is InChI=1S/C13H15ClN4/c1-13(2,3)11-6-10-12(9(7-14)8-15)16-4-5-18(10)17-11/h4-6,9H,7H2,1-3H3. The first-order valence-corrected chi connectivity index (χ1v) is 6.31. The SMILES string of the molecule is CC(C)(C)c1cc2c(C(C#N)CCl)nccn2n1. The first-order valence-electron chi connectivity index (χ1n) is 5.77. The maximum atomic E-state index is 9.10. The van der Waals surface area contributed by atoms with Gasteiger partial charge in [0, 0.05) is 23.7 Å². The summed E-state index contributed by atoms with van der Waals surface area (Å²) < 4.78 is 1.76. The van der Waals surface area contributed by atoms with E-state index in [0.717, 1.165) is 11.2 Å². The minimum absolute atomic E-state index is 0.0353. The van der Waals surface area contributed by atoms with Crippen molar-refractivity contribution in [2.24, 2.45) is 0 Å². The fourth-order valence-corrected chi connectivity index (χ4v) is 1.96. The number of nitriles is 1. The molecule has 0 radical (unpaired) electrons. The van der Waals surface area contributed by atoms with Crippen LogP contribution < -0.4 is 0 Å². The molecule has 1 atom stereocenters. The molecule has 2 heterocycles. The second-order valence-electron chi connectivity index (χ2n) is 5.26. The number of rotatable bonds is 2. The molecule has 0 bridgehead atoms. The topological polar surface area (TPSA) is 54.0 Å². The van der Waals surface area contributed by atoms with Crippen molar-refractivity contribution >= 4 is 17.1 Å². The van der Waals surface area contributed by atoms with Gasteiger partial charge >= 0.3 is 0 Å². The Kier molecular flexibility index (Phi) is 3.27. The van der Waals surface area contributed by atoms with Gasteiger partial charge < -0.3 is 0 Å². The van der Waals surface area contributed by atoms with E-state index >= 15 is 0 Å². The lowest BCUT2D eigenvalue weighted by atomic mass is 9.92. The zero-order chi connectivity index (χ0) is 13.3. The fourth-order valence-electron chi connectivity index (χ4n) is 1.75. The Hall–Kier alpha value is -1.60. The normalized spacial score (nSPS) is 13.5. The molecular formula is C13H15ClN4. The maximum Gasteiger partial charge on any atom is 0.104 e. The molecule has 2 rings (SSSR count). The Labute approximate surface area is 111 Å². The van der Waals surface area contributed by atoms with Crippen LogP contribution in [0.3, 0.4) is 0 Å². The van der Waals surface area contributed by atoms with Crippen LogP contribution >= 0.6 is 11.6 Å². The minimum atomic E-state index is -0.403. The van der Waals surface area contributed by atoms with Gasteiger partial charge in [-0.15, -0.1) is 11.6 Å². The van der Waals surface area contributed by atoms with Crippen molar-refractivity contribution in [3.63, 3.8) is 0 Å². The van der Waals surface area contributed by atoms with Gasteiger partial charge in [0.05, 0.1) is 23.0 Å². The van der Waals surface area contributed by atoms with Crippen LogP contribution in [0.4, 0.5) is 0 Å². The molecule has 2 aromatic heterocycles. The Bertz CT molecular complexity index is 603. The largest absolute Gasteiger partial charge is 0.256 e. The molecule has 2 aromatic rings. The summed E-state index contributed by atoms with van der Waals surface area (Å²) in [6, 6.07) is 4.16. The van der Waals surface area contributed by atoms with E-state index in [1.54, 1.807) is 16.9 Å². The number of fused-ring (bicyclic) bond motifs is 1. The van der Waals surface area contributed by atoms with Crippen molar-refractivity contribution < 1.29 is 0 Å². The Morgan fingerprint density at radius 1 is 1.50 bits per heavy atom. The zero-order valence-corrected chi connectivity index (χ0v) is 11.4. The summed E-state index contributed by atoms with van der Waals surface area (Å²) in [4.78, 5) is 4.28. The lowest BCUT2D eigenvalue weighted by Crippen LogP contribution is -2.11.